The van der Waals surface area contributed by atoms with Crippen LogP contribution in [0.25, 0.3) is 0 Å². The van der Waals surface area contributed by atoms with Crippen molar-refractivity contribution in [2.75, 3.05) is 11.1 Å². The van der Waals surface area contributed by atoms with Crippen LogP contribution < -0.4 is 16.4 Å². The standard InChI is InChI=1S/C14H17Cl2N3S/c15-10-5-9(6-11(16)13(10)17)18-14(20)19-12-4-7-1-2-8(12)3-7/h5-8,12H,1-4,17H2,(H2,18,19,20)/t7-,8+,12+/m0/s1. The minimum atomic E-state index is 0.394. The average molecular weight is 330 g/mol. The van der Waals surface area contributed by atoms with E-state index in [4.69, 9.17) is 41.2 Å². The Balaban J connectivity index is 1.62. The number of nitrogens with one attached hydrogen (secondary N) is 2. The zero-order valence-electron chi connectivity index (χ0n) is 11.0. The van der Waals surface area contributed by atoms with Gasteiger partial charge in [-0.3, -0.25) is 0 Å². The third-order valence-electron chi connectivity index (χ3n) is 4.39. The lowest BCUT2D eigenvalue weighted by atomic mass is 9.96. The van der Waals surface area contributed by atoms with Crippen molar-refractivity contribution in [3.05, 3.63) is 22.2 Å². The third-order valence-corrected chi connectivity index (χ3v) is 5.24. The number of rotatable bonds is 2. The van der Waals surface area contributed by atoms with E-state index in [-0.39, 0.29) is 0 Å². The highest BCUT2D eigenvalue weighted by atomic mass is 35.5. The molecule has 1 aromatic carbocycles. The van der Waals surface area contributed by atoms with Crippen molar-refractivity contribution in [1.82, 2.24) is 5.32 Å². The minimum Gasteiger partial charge on any atom is -0.396 e. The average Bonchev–Trinajstić information content (AvgIpc) is 2.97. The predicted octanol–water partition coefficient (Wildman–Crippen LogP) is 4.05. The fourth-order valence-electron chi connectivity index (χ4n) is 3.41. The molecule has 2 fully saturated rings. The molecular formula is C14H17Cl2N3S. The highest BCUT2D eigenvalue weighted by Crippen LogP contribution is 2.44. The third kappa shape index (κ3) is 2.83. The quantitative estimate of drug-likeness (QED) is 0.566. The SMILES string of the molecule is Nc1c(Cl)cc(NC(=S)N[C@@H]2C[C@H]3CC[C@@H]2C3)cc1Cl. The zero-order valence-corrected chi connectivity index (χ0v) is 13.3. The van der Waals surface area contributed by atoms with Gasteiger partial charge in [0.1, 0.15) is 0 Å². The van der Waals surface area contributed by atoms with E-state index < -0.39 is 0 Å². The highest BCUT2D eigenvalue weighted by Gasteiger charge is 2.39. The van der Waals surface area contributed by atoms with Gasteiger partial charge < -0.3 is 16.4 Å². The normalized spacial score (nSPS) is 27.6. The predicted molar refractivity (Wildman–Crippen MR) is 89.5 cm³/mol. The number of halogens is 2. The second-order valence-electron chi connectivity index (χ2n) is 5.73. The van der Waals surface area contributed by atoms with Gasteiger partial charge in [-0.25, -0.2) is 0 Å². The van der Waals surface area contributed by atoms with Gasteiger partial charge in [0.15, 0.2) is 5.11 Å². The van der Waals surface area contributed by atoms with Crippen molar-refractivity contribution in [3.63, 3.8) is 0 Å². The van der Waals surface area contributed by atoms with E-state index in [1.807, 2.05) is 0 Å². The van der Waals surface area contributed by atoms with E-state index in [1.165, 1.54) is 25.7 Å². The molecule has 1 aromatic rings. The molecule has 4 N–H and O–H groups in total. The van der Waals surface area contributed by atoms with Gasteiger partial charge in [0.05, 0.1) is 15.7 Å². The molecule has 2 aliphatic carbocycles. The first-order valence-corrected chi connectivity index (χ1v) is 8.01. The lowest BCUT2D eigenvalue weighted by Gasteiger charge is -2.24. The number of nitrogen functional groups attached to an aromatic ring is 1. The molecular weight excluding hydrogens is 313 g/mol. The maximum Gasteiger partial charge on any atom is 0.171 e. The molecule has 2 saturated carbocycles. The first-order chi connectivity index (χ1) is 9.52. The summed E-state index contributed by atoms with van der Waals surface area (Å²) in [5, 5.41) is 8.04. The van der Waals surface area contributed by atoms with E-state index in [2.05, 4.69) is 10.6 Å². The number of fused-ring (bicyclic) bond motifs is 2. The fraction of sp³-hybridized carbons (Fsp3) is 0.500. The summed E-state index contributed by atoms with van der Waals surface area (Å²) in [6, 6.07) is 3.98. The van der Waals surface area contributed by atoms with Gasteiger partial charge in [0, 0.05) is 11.7 Å². The summed E-state index contributed by atoms with van der Waals surface area (Å²) in [5.41, 5.74) is 6.87. The van der Waals surface area contributed by atoms with Crippen molar-refractivity contribution < 1.29 is 0 Å². The molecule has 6 heteroatoms. The van der Waals surface area contributed by atoms with Gasteiger partial charge in [-0.2, -0.15) is 0 Å². The summed E-state index contributed by atoms with van der Waals surface area (Å²) in [6.07, 6.45) is 5.28. The van der Waals surface area contributed by atoms with Crippen molar-refractivity contribution in [3.8, 4) is 0 Å². The molecule has 0 aromatic heterocycles. The summed E-state index contributed by atoms with van der Waals surface area (Å²) in [6.45, 7) is 0. The molecule has 108 valence electrons. The first-order valence-electron chi connectivity index (χ1n) is 6.85. The summed E-state index contributed by atoms with van der Waals surface area (Å²) in [5.74, 6) is 1.67. The number of hydrogen-bond acceptors (Lipinski definition) is 2. The molecule has 0 aliphatic heterocycles. The molecule has 2 aliphatic rings. The Morgan fingerprint density at radius 2 is 1.90 bits per heavy atom. The Bertz CT molecular complexity index is 526. The van der Waals surface area contributed by atoms with Gasteiger partial charge in [0.25, 0.3) is 0 Å². The second-order valence-corrected chi connectivity index (χ2v) is 6.96. The van der Waals surface area contributed by atoms with Crippen LogP contribution in [0.15, 0.2) is 12.1 Å². The number of nitrogens with two attached hydrogens (primary N) is 1. The monoisotopic (exact) mass is 329 g/mol. The topological polar surface area (TPSA) is 50.1 Å². The van der Waals surface area contributed by atoms with E-state index >= 15 is 0 Å². The lowest BCUT2D eigenvalue weighted by molar-refractivity contribution is 0.392. The molecule has 2 bridgehead atoms. The summed E-state index contributed by atoms with van der Waals surface area (Å²) in [7, 11) is 0. The Labute approximate surface area is 134 Å². The van der Waals surface area contributed by atoms with Crippen LogP contribution in [0.3, 0.4) is 0 Å². The van der Waals surface area contributed by atoms with Crippen molar-refractivity contribution in [2.45, 2.75) is 31.7 Å². The molecule has 3 rings (SSSR count). The van der Waals surface area contributed by atoms with Crippen LogP contribution in [0.4, 0.5) is 11.4 Å². The minimum absolute atomic E-state index is 0.394. The molecule has 0 amide bonds. The van der Waals surface area contributed by atoms with Gasteiger partial charge in [-0.05, 0) is 55.4 Å². The Kier molecular flexibility index (Phi) is 3.98. The van der Waals surface area contributed by atoms with Crippen LogP contribution in [0.1, 0.15) is 25.7 Å². The molecule has 0 saturated heterocycles. The smallest absolute Gasteiger partial charge is 0.171 e. The maximum absolute atomic E-state index is 6.01. The molecule has 3 atom stereocenters. The van der Waals surface area contributed by atoms with Crippen molar-refractivity contribution >= 4 is 51.9 Å². The van der Waals surface area contributed by atoms with Crippen molar-refractivity contribution in [1.29, 1.82) is 0 Å². The molecule has 20 heavy (non-hydrogen) atoms. The number of benzene rings is 1. The first kappa shape index (κ1) is 14.2. The number of thiocarbonyl (C=S) groups is 1. The number of anilines is 2. The van der Waals surface area contributed by atoms with Gasteiger partial charge in [-0.15, -0.1) is 0 Å². The molecule has 0 unspecified atom stereocenters. The zero-order chi connectivity index (χ0) is 14.3. The van der Waals surface area contributed by atoms with Gasteiger partial charge in [0.2, 0.25) is 0 Å². The Morgan fingerprint density at radius 3 is 2.45 bits per heavy atom. The molecule has 0 radical (unpaired) electrons. The molecule has 0 heterocycles. The van der Waals surface area contributed by atoms with E-state index in [0.717, 1.165) is 17.5 Å². The van der Waals surface area contributed by atoms with E-state index in [1.54, 1.807) is 12.1 Å². The fourth-order valence-corrected chi connectivity index (χ4v) is 4.17. The van der Waals surface area contributed by atoms with Crippen molar-refractivity contribution in [2.24, 2.45) is 11.8 Å². The van der Waals surface area contributed by atoms with Gasteiger partial charge >= 0.3 is 0 Å². The van der Waals surface area contributed by atoms with Crippen LogP contribution in [-0.4, -0.2) is 11.2 Å². The van der Waals surface area contributed by atoms with Gasteiger partial charge in [-0.1, -0.05) is 29.6 Å². The second kappa shape index (κ2) is 5.58. The summed E-state index contributed by atoms with van der Waals surface area (Å²) < 4.78 is 0. The lowest BCUT2D eigenvalue weighted by Crippen LogP contribution is -2.40. The maximum atomic E-state index is 6.01. The summed E-state index contributed by atoms with van der Waals surface area (Å²) >= 11 is 17.4. The van der Waals surface area contributed by atoms with Crippen LogP contribution in [0.2, 0.25) is 10.0 Å². The van der Waals surface area contributed by atoms with E-state index in [9.17, 15) is 0 Å². The Morgan fingerprint density at radius 1 is 1.20 bits per heavy atom. The van der Waals surface area contributed by atoms with Crippen LogP contribution in [0.5, 0.6) is 0 Å². The Hall–Kier alpha value is -0.710. The van der Waals surface area contributed by atoms with Crippen LogP contribution in [0, 0.1) is 11.8 Å². The number of hydrogen-bond donors (Lipinski definition) is 3. The molecule has 3 nitrogen and oxygen atoms in total. The van der Waals surface area contributed by atoms with E-state index in [0.29, 0.717) is 26.9 Å². The van der Waals surface area contributed by atoms with Crippen LogP contribution in [-0.2, 0) is 0 Å². The molecule has 0 spiro atoms. The summed E-state index contributed by atoms with van der Waals surface area (Å²) in [4.78, 5) is 0. The largest absolute Gasteiger partial charge is 0.396 e. The highest BCUT2D eigenvalue weighted by molar-refractivity contribution is 7.80. The van der Waals surface area contributed by atoms with Crippen LogP contribution >= 0.6 is 35.4 Å².